The summed E-state index contributed by atoms with van der Waals surface area (Å²) in [4.78, 5) is 4.14. The molecule has 0 atom stereocenters. The van der Waals surface area contributed by atoms with Crippen LogP contribution < -0.4 is 5.43 Å². The Balaban J connectivity index is 1.89. The van der Waals surface area contributed by atoms with Crippen molar-refractivity contribution in [2.45, 2.75) is 6.92 Å². The van der Waals surface area contributed by atoms with E-state index in [0.717, 1.165) is 16.8 Å². The molecule has 0 amide bonds. The first-order valence-corrected chi connectivity index (χ1v) is 7.60. The van der Waals surface area contributed by atoms with Gasteiger partial charge < -0.3 is 0 Å². The summed E-state index contributed by atoms with van der Waals surface area (Å²) in [6, 6.07) is 23.2. The number of hydrogen-bond donors (Lipinski definition) is 1. The molecule has 2 aromatic carbocycles. The molecule has 24 heavy (non-hydrogen) atoms. The van der Waals surface area contributed by atoms with Crippen molar-refractivity contribution in [1.82, 2.24) is 4.98 Å². The molecule has 3 aromatic rings. The summed E-state index contributed by atoms with van der Waals surface area (Å²) in [6.07, 6.45) is 1.68. The number of nitrogens with zero attached hydrogens (tertiary/aromatic N) is 4. The summed E-state index contributed by atoms with van der Waals surface area (Å²) < 4.78 is 0. The molecule has 0 aliphatic heterocycles. The number of aromatic nitrogens is 1. The number of para-hydroxylation sites is 1. The molecule has 1 heterocycles. The summed E-state index contributed by atoms with van der Waals surface area (Å²) in [5.41, 5.74) is 5.97. The lowest BCUT2D eigenvalue weighted by Gasteiger charge is -2.05. The van der Waals surface area contributed by atoms with Crippen molar-refractivity contribution in [3.63, 3.8) is 0 Å². The number of amidine groups is 1. The Morgan fingerprint density at radius 2 is 1.62 bits per heavy atom. The number of anilines is 1. The zero-order valence-electron chi connectivity index (χ0n) is 13.3. The van der Waals surface area contributed by atoms with Crippen LogP contribution in [0.4, 0.5) is 11.5 Å². The molecule has 0 bridgehead atoms. The second-order valence-corrected chi connectivity index (χ2v) is 5.12. The van der Waals surface area contributed by atoms with Gasteiger partial charge in [0.1, 0.15) is 0 Å². The van der Waals surface area contributed by atoms with Gasteiger partial charge in [-0.05, 0) is 30.7 Å². The number of benzene rings is 2. The van der Waals surface area contributed by atoms with Crippen LogP contribution >= 0.6 is 0 Å². The van der Waals surface area contributed by atoms with E-state index in [-0.39, 0.29) is 0 Å². The Hall–Kier alpha value is -3.34. The lowest BCUT2D eigenvalue weighted by atomic mass is 10.2. The summed E-state index contributed by atoms with van der Waals surface area (Å²) in [5.74, 6) is 1.03. The van der Waals surface area contributed by atoms with Gasteiger partial charge in [0.25, 0.3) is 0 Å². The molecule has 0 unspecified atom stereocenters. The molecule has 0 saturated carbocycles. The van der Waals surface area contributed by atoms with Crippen LogP contribution in [0.25, 0.3) is 0 Å². The van der Waals surface area contributed by atoms with Crippen molar-refractivity contribution in [3.05, 3.63) is 90.1 Å². The van der Waals surface area contributed by atoms with Crippen LogP contribution in [0.5, 0.6) is 0 Å². The number of hydrazone groups is 1. The molecule has 3 rings (SSSR count). The van der Waals surface area contributed by atoms with Crippen molar-refractivity contribution in [2.24, 2.45) is 15.3 Å². The summed E-state index contributed by atoms with van der Waals surface area (Å²) in [5, 5.41) is 12.8. The van der Waals surface area contributed by atoms with Crippen molar-refractivity contribution >= 4 is 17.3 Å². The first kappa shape index (κ1) is 15.6. The van der Waals surface area contributed by atoms with E-state index < -0.39 is 0 Å². The SMILES string of the molecule is Cc1ccccc1NN=C(N=Nc1ccccn1)c1ccccc1. The third-order valence-electron chi connectivity index (χ3n) is 3.36. The second-order valence-electron chi connectivity index (χ2n) is 5.12. The molecular formula is C19H17N5. The van der Waals surface area contributed by atoms with Crippen LogP contribution in [-0.2, 0) is 0 Å². The number of hydrogen-bond acceptors (Lipinski definition) is 4. The first-order chi connectivity index (χ1) is 11.8. The highest BCUT2D eigenvalue weighted by atomic mass is 15.3. The number of pyridine rings is 1. The molecule has 0 fully saturated rings. The van der Waals surface area contributed by atoms with E-state index in [4.69, 9.17) is 0 Å². The molecule has 1 N–H and O–H groups in total. The highest BCUT2D eigenvalue weighted by Gasteiger charge is 2.03. The van der Waals surface area contributed by atoms with E-state index in [0.29, 0.717) is 11.7 Å². The maximum absolute atomic E-state index is 4.42. The molecule has 1 aromatic heterocycles. The van der Waals surface area contributed by atoms with Crippen molar-refractivity contribution in [2.75, 3.05) is 5.43 Å². The summed E-state index contributed by atoms with van der Waals surface area (Å²) >= 11 is 0. The zero-order chi connectivity index (χ0) is 16.6. The minimum absolute atomic E-state index is 0.490. The average molecular weight is 315 g/mol. The van der Waals surface area contributed by atoms with Crippen molar-refractivity contribution in [1.29, 1.82) is 0 Å². The Kier molecular flexibility index (Phi) is 5.04. The highest BCUT2D eigenvalue weighted by Crippen LogP contribution is 2.14. The largest absolute Gasteiger partial charge is 0.276 e. The Morgan fingerprint density at radius 1 is 0.875 bits per heavy atom. The van der Waals surface area contributed by atoms with Gasteiger partial charge in [-0.1, -0.05) is 54.6 Å². The van der Waals surface area contributed by atoms with Gasteiger partial charge in [-0.2, -0.15) is 5.10 Å². The van der Waals surface area contributed by atoms with E-state index >= 15 is 0 Å². The fourth-order valence-electron chi connectivity index (χ4n) is 2.05. The second kappa shape index (κ2) is 7.78. The molecule has 118 valence electrons. The lowest BCUT2D eigenvalue weighted by molar-refractivity contribution is 1.16. The van der Waals surface area contributed by atoms with Crippen LogP contribution in [0.1, 0.15) is 11.1 Å². The standard InChI is InChI=1S/C19H17N5/c1-15-9-5-6-12-17(15)21-23-19(16-10-3-2-4-11-16)24-22-18-13-7-8-14-20-18/h2-14,21H,1H3. The third-order valence-corrected chi connectivity index (χ3v) is 3.36. The average Bonchev–Trinajstić information content (AvgIpc) is 2.65. The van der Waals surface area contributed by atoms with Crippen molar-refractivity contribution in [3.8, 4) is 0 Å². The molecule has 0 radical (unpaired) electrons. The van der Waals surface area contributed by atoms with Gasteiger partial charge in [0, 0.05) is 11.8 Å². The number of azo groups is 1. The zero-order valence-corrected chi connectivity index (χ0v) is 13.3. The maximum Gasteiger partial charge on any atom is 0.201 e. The monoisotopic (exact) mass is 315 g/mol. The van der Waals surface area contributed by atoms with Gasteiger partial charge >= 0.3 is 0 Å². The van der Waals surface area contributed by atoms with E-state index in [1.54, 1.807) is 12.3 Å². The van der Waals surface area contributed by atoms with Gasteiger partial charge in [-0.3, -0.25) is 5.43 Å². The van der Waals surface area contributed by atoms with Crippen LogP contribution in [0.2, 0.25) is 0 Å². The van der Waals surface area contributed by atoms with Crippen molar-refractivity contribution < 1.29 is 0 Å². The molecule has 0 aliphatic rings. The Morgan fingerprint density at radius 3 is 2.38 bits per heavy atom. The van der Waals surface area contributed by atoms with Crippen LogP contribution in [0.3, 0.4) is 0 Å². The molecule has 5 nitrogen and oxygen atoms in total. The highest BCUT2D eigenvalue weighted by molar-refractivity contribution is 5.99. The number of nitrogens with one attached hydrogen (secondary N) is 1. The van der Waals surface area contributed by atoms with E-state index in [1.807, 2.05) is 73.7 Å². The van der Waals surface area contributed by atoms with Gasteiger partial charge in [0.05, 0.1) is 5.69 Å². The fourth-order valence-corrected chi connectivity index (χ4v) is 2.05. The van der Waals surface area contributed by atoms with E-state index in [1.165, 1.54) is 0 Å². The van der Waals surface area contributed by atoms with Gasteiger partial charge in [0.2, 0.25) is 5.84 Å². The summed E-state index contributed by atoms with van der Waals surface area (Å²) in [7, 11) is 0. The number of rotatable bonds is 4. The first-order valence-electron chi connectivity index (χ1n) is 7.60. The Labute approximate surface area is 140 Å². The molecule has 0 aliphatic carbocycles. The smallest absolute Gasteiger partial charge is 0.201 e. The van der Waals surface area contributed by atoms with Gasteiger partial charge in [0.15, 0.2) is 5.82 Å². The fraction of sp³-hybridized carbons (Fsp3) is 0.0526. The topological polar surface area (TPSA) is 62.0 Å². The van der Waals surface area contributed by atoms with Crippen LogP contribution in [-0.4, -0.2) is 10.8 Å². The minimum Gasteiger partial charge on any atom is -0.276 e. The summed E-state index contributed by atoms with van der Waals surface area (Å²) in [6.45, 7) is 2.02. The molecule has 0 saturated heterocycles. The predicted octanol–water partition coefficient (Wildman–Crippen LogP) is 4.95. The normalized spacial score (nSPS) is 11.6. The molecule has 0 spiro atoms. The number of aryl methyl sites for hydroxylation is 1. The lowest BCUT2D eigenvalue weighted by Crippen LogP contribution is -2.01. The van der Waals surface area contributed by atoms with Gasteiger partial charge in [-0.25, -0.2) is 4.98 Å². The van der Waals surface area contributed by atoms with Crippen LogP contribution in [0, 0.1) is 6.92 Å². The maximum atomic E-state index is 4.42. The van der Waals surface area contributed by atoms with E-state index in [2.05, 4.69) is 25.7 Å². The molecular weight excluding hydrogens is 298 g/mol. The third kappa shape index (κ3) is 4.10. The van der Waals surface area contributed by atoms with Crippen LogP contribution in [0.15, 0.2) is 94.3 Å². The quantitative estimate of drug-likeness (QED) is 0.320. The van der Waals surface area contributed by atoms with Gasteiger partial charge in [-0.15, -0.1) is 10.2 Å². The van der Waals surface area contributed by atoms with E-state index in [9.17, 15) is 0 Å². The Bertz CT molecular complexity index is 842. The molecule has 5 heteroatoms. The minimum atomic E-state index is 0.490. The predicted molar refractivity (Wildman–Crippen MR) is 96.5 cm³/mol.